The fourth-order valence-electron chi connectivity index (χ4n) is 5.87. The zero-order valence-corrected chi connectivity index (χ0v) is 19.4. The van der Waals surface area contributed by atoms with Gasteiger partial charge >= 0.3 is 0 Å². The van der Waals surface area contributed by atoms with E-state index < -0.39 is 0 Å². The lowest BCUT2D eigenvalue weighted by Gasteiger charge is -2.42. The molecule has 0 unspecified atom stereocenters. The molecule has 4 N–H and O–H groups in total. The van der Waals surface area contributed by atoms with Crippen molar-refractivity contribution < 1.29 is 4.79 Å². The van der Waals surface area contributed by atoms with Crippen molar-refractivity contribution in [3.8, 4) is 6.07 Å². The number of nitrogen functional groups attached to an aromatic ring is 1. The van der Waals surface area contributed by atoms with Crippen molar-refractivity contribution in [1.29, 1.82) is 5.26 Å². The van der Waals surface area contributed by atoms with Gasteiger partial charge in [0.05, 0.1) is 24.0 Å². The van der Waals surface area contributed by atoms with Gasteiger partial charge in [-0.3, -0.25) is 9.69 Å². The summed E-state index contributed by atoms with van der Waals surface area (Å²) in [6.45, 7) is 2.94. The van der Waals surface area contributed by atoms with Gasteiger partial charge in [0.2, 0.25) is 0 Å². The molecule has 3 aromatic rings. The van der Waals surface area contributed by atoms with Crippen molar-refractivity contribution >= 4 is 23.4 Å². The number of carbonyl (C=O) groups is 1. The highest BCUT2D eigenvalue weighted by Gasteiger charge is 2.46. The second-order valence-electron chi connectivity index (χ2n) is 9.71. The predicted molar refractivity (Wildman–Crippen MR) is 131 cm³/mol. The molecule has 10 heteroatoms. The number of benzene rings is 1. The molecule has 0 bridgehead atoms. The lowest BCUT2D eigenvalue weighted by Crippen LogP contribution is -2.44. The number of nitriles is 1. The van der Waals surface area contributed by atoms with E-state index in [1.54, 1.807) is 17.3 Å². The molecular weight excluding hydrogens is 442 g/mol. The lowest BCUT2D eigenvalue weighted by atomic mass is 9.73. The Bertz CT molecular complexity index is 1350. The van der Waals surface area contributed by atoms with Gasteiger partial charge in [0, 0.05) is 38.3 Å². The zero-order chi connectivity index (χ0) is 24.2. The number of hydrogen-bond acceptors (Lipinski definition) is 8. The summed E-state index contributed by atoms with van der Waals surface area (Å²) in [5.74, 6) is 1.31. The van der Waals surface area contributed by atoms with Crippen LogP contribution in [-0.4, -0.2) is 45.3 Å². The molecule has 2 aliphatic heterocycles. The highest BCUT2D eigenvalue weighted by molar-refractivity contribution is 6.07. The largest absolute Gasteiger partial charge is 0.382 e. The molecule has 3 aliphatic rings. The third-order valence-electron chi connectivity index (χ3n) is 7.85. The van der Waals surface area contributed by atoms with E-state index in [-0.39, 0.29) is 28.9 Å². The third kappa shape index (κ3) is 3.42. The normalized spacial score (nSPS) is 20.4. The molecule has 1 aliphatic carbocycles. The van der Waals surface area contributed by atoms with Crippen LogP contribution in [0.4, 0.5) is 17.5 Å². The molecule has 178 valence electrons. The van der Waals surface area contributed by atoms with Gasteiger partial charge in [-0.05, 0) is 54.4 Å². The number of piperidine rings is 1. The van der Waals surface area contributed by atoms with E-state index in [1.807, 2.05) is 28.9 Å². The van der Waals surface area contributed by atoms with Crippen molar-refractivity contribution in [2.24, 2.45) is 11.1 Å². The number of carbonyl (C=O) groups excluding carboxylic acids is 1. The van der Waals surface area contributed by atoms with E-state index in [4.69, 9.17) is 11.5 Å². The molecule has 10 nitrogen and oxygen atoms in total. The van der Waals surface area contributed by atoms with Crippen LogP contribution in [0.3, 0.4) is 0 Å². The number of nitrogens with two attached hydrogens (primary N) is 2. The van der Waals surface area contributed by atoms with Crippen LogP contribution in [0.2, 0.25) is 0 Å². The van der Waals surface area contributed by atoms with E-state index in [1.165, 1.54) is 5.56 Å². The quantitative estimate of drug-likeness (QED) is 0.580. The number of fused-ring (bicyclic) bond motifs is 2. The molecule has 0 radical (unpaired) electrons. The summed E-state index contributed by atoms with van der Waals surface area (Å²) in [6.07, 6.45) is 6.90. The molecular formula is C25H27N9O. The summed E-state index contributed by atoms with van der Waals surface area (Å²) in [7, 11) is 0. The molecule has 0 saturated carbocycles. The third-order valence-corrected chi connectivity index (χ3v) is 7.85. The lowest BCUT2D eigenvalue weighted by molar-refractivity contribution is 0.0977. The van der Waals surface area contributed by atoms with Crippen LogP contribution in [0.5, 0.6) is 0 Å². The smallest absolute Gasteiger partial charge is 0.281 e. The molecule has 1 amide bonds. The Morgan fingerprint density at radius 2 is 2.00 bits per heavy atom. The van der Waals surface area contributed by atoms with Gasteiger partial charge in [0.15, 0.2) is 11.5 Å². The maximum atomic E-state index is 13.2. The summed E-state index contributed by atoms with van der Waals surface area (Å²) < 4.78 is 1.82. The van der Waals surface area contributed by atoms with Gasteiger partial charge in [-0.15, -0.1) is 0 Å². The number of nitrogens with zero attached hydrogens (tertiary/aromatic N) is 7. The minimum absolute atomic E-state index is 0.0149. The summed E-state index contributed by atoms with van der Waals surface area (Å²) in [6, 6.07) is 9.83. The minimum atomic E-state index is -0.257. The number of rotatable bonds is 2. The first kappa shape index (κ1) is 21.6. The first-order chi connectivity index (χ1) is 17.0. The van der Waals surface area contributed by atoms with E-state index >= 15 is 0 Å². The average molecular weight is 470 g/mol. The van der Waals surface area contributed by atoms with Crippen molar-refractivity contribution in [2.75, 3.05) is 35.2 Å². The van der Waals surface area contributed by atoms with E-state index in [0.29, 0.717) is 17.9 Å². The summed E-state index contributed by atoms with van der Waals surface area (Å²) in [5.41, 5.74) is 16.1. The van der Waals surface area contributed by atoms with Gasteiger partial charge in [-0.2, -0.15) is 10.4 Å². The van der Waals surface area contributed by atoms with Crippen molar-refractivity contribution in [1.82, 2.24) is 19.7 Å². The second-order valence-corrected chi connectivity index (χ2v) is 9.71. The molecule has 2 aromatic heterocycles. The summed E-state index contributed by atoms with van der Waals surface area (Å²) in [5, 5.41) is 13.5. The summed E-state index contributed by atoms with van der Waals surface area (Å²) >= 11 is 0. The van der Waals surface area contributed by atoms with Crippen LogP contribution in [-0.2, 0) is 13.0 Å². The van der Waals surface area contributed by atoms with Crippen LogP contribution in [0, 0.1) is 16.7 Å². The molecule has 6 rings (SSSR count). The Balaban J connectivity index is 1.17. The van der Waals surface area contributed by atoms with Crippen LogP contribution < -0.4 is 21.3 Å². The Kier molecular flexibility index (Phi) is 4.96. The maximum Gasteiger partial charge on any atom is 0.281 e. The van der Waals surface area contributed by atoms with Gasteiger partial charge in [0.25, 0.3) is 5.91 Å². The molecule has 1 atom stereocenters. The SMILES string of the molecule is N#Cc1ccc2c(c1)[C@@H](N)C1(CCN(c3cnc(C(=O)N4CCCn5nccc54)c(N)n3)CC1)C2. The Labute approximate surface area is 203 Å². The molecule has 1 spiro atoms. The van der Waals surface area contributed by atoms with Crippen LogP contribution >= 0.6 is 0 Å². The number of aromatic nitrogens is 4. The van der Waals surface area contributed by atoms with E-state index in [9.17, 15) is 10.1 Å². The average Bonchev–Trinajstić information content (AvgIpc) is 3.47. The standard InChI is InChI=1S/C25H27N9O/c26-14-16-2-3-17-13-25(22(27)18(17)12-16)5-10-32(11-6-25)19-15-29-21(23(28)31-19)24(35)33-8-1-9-34-20(33)4-7-30-34/h2-4,7,12,15,22H,1,5-6,8-11,13,27H2,(H2,28,31)/t22-/m1/s1. The van der Waals surface area contributed by atoms with Gasteiger partial charge in [-0.25, -0.2) is 14.6 Å². The number of anilines is 3. The first-order valence-electron chi connectivity index (χ1n) is 12.0. The number of aryl methyl sites for hydroxylation is 1. The molecule has 1 fully saturated rings. The van der Waals surface area contributed by atoms with Crippen molar-refractivity contribution in [3.05, 3.63) is 59.0 Å². The topological polar surface area (TPSA) is 143 Å². The monoisotopic (exact) mass is 469 g/mol. The Morgan fingerprint density at radius 1 is 1.17 bits per heavy atom. The van der Waals surface area contributed by atoms with Crippen molar-refractivity contribution in [3.63, 3.8) is 0 Å². The highest BCUT2D eigenvalue weighted by atomic mass is 16.2. The summed E-state index contributed by atoms with van der Waals surface area (Å²) in [4.78, 5) is 26.0. The molecule has 1 saturated heterocycles. The van der Waals surface area contributed by atoms with Gasteiger partial charge in [-0.1, -0.05) is 6.07 Å². The van der Waals surface area contributed by atoms with Gasteiger partial charge in [0.1, 0.15) is 11.6 Å². The van der Waals surface area contributed by atoms with Gasteiger partial charge < -0.3 is 16.4 Å². The predicted octanol–water partition coefficient (Wildman–Crippen LogP) is 2.02. The molecule has 35 heavy (non-hydrogen) atoms. The van der Waals surface area contributed by atoms with Crippen LogP contribution in [0.15, 0.2) is 36.7 Å². The number of hydrogen-bond donors (Lipinski definition) is 2. The Morgan fingerprint density at radius 3 is 2.77 bits per heavy atom. The van der Waals surface area contributed by atoms with Crippen LogP contribution in [0.1, 0.15) is 52.5 Å². The Hall–Kier alpha value is -3.97. The van der Waals surface area contributed by atoms with E-state index in [0.717, 1.165) is 56.7 Å². The fraction of sp³-hybridized carbons (Fsp3) is 0.400. The first-order valence-corrected chi connectivity index (χ1v) is 12.0. The van der Waals surface area contributed by atoms with Crippen LogP contribution in [0.25, 0.3) is 0 Å². The van der Waals surface area contributed by atoms with Crippen molar-refractivity contribution in [2.45, 2.75) is 38.3 Å². The molecule has 4 heterocycles. The highest BCUT2D eigenvalue weighted by Crippen LogP contribution is 2.51. The van der Waals surface area contributed by atoms with E-state index in [2.05, 4.69) is 26.0 Å². The zero-order valence-electron chi connectivity index (χ0n) is 19.4. The maximum absolute atomic E-state index is 13.2. The number of amides is 1. The fourth-order valence-corrected chi connectivity index (χ4v) is 5.87. The second kappa shape index (κ2) is 8.06. The molecule has 1 aromatic carbocycles. The minimum Gasteiger partial charge on any atom is -0.382 e.